The molecule has 0 aromatic carbocycles. The molecule has 0 aromatic heterocycles. The van der Waals surface area contributed by atoms with Gasteiger partial charge >= 0.3 is 6.16 Å². The van der Waals surface area contributed by atoms with E-state index in [1.807, 2.05) is 0 Å². The lowest BCUT2D eigenvalue weighted by molar-refractivity contribution is -0.288. The Balaban J connectivity index is 4.53. The molecule has 1 N–H and O–H groups in total. The Labute approximate surface area is 98.6 Å². The van der Waals surface area contributed by atoms with Gasteiger partial charge in [-0.05, 0) is 6.42 Å². The first-order valence-corrected chi connectivity index (χ1v) is 4.90. The van der Waals surface area contributed by atoms with Gasteiger partial charge in [-0.25, -0.2) is 4.79 Å². The van der Waals surface area contributed by atoms with Crippen LogP contribution in [0.15, 0.2) is 12.7 Å². The van der Waals surface area contributed by atoms with Gasteiger partial charge in [0, 0.05) is 0 Å². The normalized spacial score (nSPS) is 13.5. The lowest BCUT2D eigenvalue weighted by Crippen LogP contribution is -2.44. The molecule has 0 fully saturated rings. The van der Waals surface area contributed by atoms with E-state index in [1.165, 1.54) is 6.08 Å². The molecule has 0 saturated carbocycles. The molecule has 1 unspecified atom stereocenters. The molecule has 0 aliphatic heterocycles. The van der Waals surface area contributed by atoms with Gasteiger partial charge in [-0.15, -0.1) is 6.58 Å². The minimum absolute atomic E-state index is 0.118. The molecule has 0 aromatic rings. The molecule has 7 heteroatoms. The third-order valence-corrected chi connectivity index (χ3v) is 2.06. The molecule has 0 bridgehead atoms. The monoisotopic (exact) mass is 247 g/mol. The molecule has 7 nitrogen and oxygen atoms in total. The smallest absolute Gasteiger partial charge is 0.505 e. The standard InChI is InChI=1S/C10H16O7/c1-3-5-17-10(4-2,6-15-8(11)12)7-16-9(13)14/h3H,1,4-7H2,2H3,(H,11,12)(H,13,14)/p-1. The van der Waals surface area contributed by atoms with Crippen molar-refractivity contribution in [2.45, 2.75) is 18.9 Å². The van der Waals surface area contributed by atoms with Gasteiger partial charge in [0.15, 0.2) is 0 Å². The summed E-state index contributed by atoms with van der Waals surface area (Å²) in [6.07, 6.45) is -1.43. The zero-order valence-electron chi connectivity index (χ0n) is 9.51. The molecule has 0 aliphatic carbocycles. The number of carboxylic acid groups (broad SMARTS) is 2. The first kappa shape index (κ1) is 15.2. The Morgan fingerprint density at radius 2 is 2.00 bits per heavy atom. The van der Waals surface area contributed by atoms with Crippen LogP contribution in [0.1, 0.15) is 13.3 Å². The third kappa shape index (κ3) is 6.41. The van der Waals surface area contributed by atoms with Crippen LogP contribution in [0.2, 0.25) is 0 Å². The minimum Gasteiger partial charge on any atom is -0.546 e. The Bertz CT molecular complexity index is 256. The van der Waals surface area contributed by atoms with E-state index in [9.17, 15) is 14.7 Å². The molecule has 17 heavy (non-hydrogen) atoms. The molecule has 0 rings (SSSR count). The highest BCUT2D eigenvalue weighted by Crippen LogP contribution is 2.18. The number of hydrogen-bond acceptors (Lipinski definition) is 6. The first-order valence-electron chi connectivity index (χ1n) is 4.90. The molecule has 0 saturated heterocycles. The molecule has 0 aliphatic rings. The van der Waals surface area contributed by atoms with Crippen molar-refractivity contribution < 1.29 is 34.0 Å². The van der Waals surface area contributed by atoms with Crippen molar-refractivity contribution in [3.8, 4) is 0 Å². The van der Waals surface area contributed by atoms with Crippen LogP contribution < -0.4 is 5.11 Å². The van der Waals surface area contributed by atoms with Gasteiger partial charge in [0.05, 0.1) is 13.2 Å². The van der Waals surface area contributed by atoms with E-state index in [2.05, 4.69) is 16.1 Å². The summed E-state index contributed by atoms with van der Waals surface area (Å²) in [7, 11) is 0. The van der Waals surface area contributed by atoms with Crippen LogP contribution >= 0.6 is 0 Å². The van der Waals surface area contributed by atoms with Crippen LogP contribution in [-0.2, 0) is 14.2 Å². The minimum atomic E-state index is -1.71. The summed E-state index contributed by atoms with van der Waals surface area (Å²) in [5.41, 5.74) is -1.16. The molecule has 0 radical (unpaired) electrons. The molecular weight excluding hydrogens is 232 g/mol. The molecule has 0 heterocycles. The Kier molecular flexibility index (Phi) is 6.73. The van der Waals surface area contributed by atoms with Crippen LogP contribution in [0, 0.1) is 0 Å². The number of hydrogen-bond donors (Lipinski definition) is 1. The van der Waals surface area contributed by atoms with Crippen molar-refractivity contribution in [3.05, 3.63) is 12.7 Å². The van der Waals surface area contributed by atoms with Gasteiger partial charge in [-0.2, -0.15) is 0 Å². The lowest BCUT2D eigenvalue weighted by Gasteiger charge is -2.32. The van der Waals surface area contributed by atoms with Crippen molar-refractivity contribution in [3.63, 3.8) is 0 Å². The van der Waals surface area contributed by atoms with E-state index < -0.39 is 17.9 Å². The summed E-state index contributed by atoms with van der Waals surface area (Å²) >= 11 is 0. The van der Waals surface area contributed by atoms with Gasteiger partial charge in [0.1, 0.15) is 12.2 Å². The molecule has 0 amide bonds. The highest BCUT2D eigenvalue weighted by Gasteiger charge is 2.30. The Morgan fingerprint density at radius 3 is 2.41 bits per heavy atom. The summed E-state index contributed by atoms with van der Waals surface area (Å²) in [4.78, 5) is 20.5. The first-order chi connectivity index (χ1) is 7.95. The van der Waals surface area contributed by atoms with Crippen LogP contribution in [-0.4, -0.2) is 42.8 Å². The number of carbonyl (C=O) groups is 2. The van der Waals surface area contributed by atoms with Crippen molar-refractivity contribution in [1.29, 1.82) is 0 Å². The Morgan fingerprint density at radius 1 is 1.41 bits per heavy atom. The molecular formula is C10H15O7-. The van der Waals surface area contributed by atoms with Gasteiger partial charge in [0.25, 0.3) is 6.16 Å². The highest BCUT2D eigenvalue weighted by atomic mass is 16.7. The maximum atomic E-state index is 10.3. The highest BCUT2D eigenvalue weighted by molar-refractivity contribution is 5.57. The van der Waals surface area contributed by atoms with Crippen LogP contribution in [0.25, 0.3) is 0 Å². The summed E-state index contributed by atoms with van der Waals surface area (Å²) in [6, 6.07) is 0. The van der Waals surface area contributed by atoms with Crippen LogP contribution in [0.3, 0.4) is 0 Å². The summed E-state index contributed by atoms with van der Waals surface area (Å²) in [5.74, 6) is 0. The van der Waals surface area contributed by atoms with E-state index in [-0.39, 0.29) is 19.8 Å². The van der Waals surface area contributed by atoms with E-state index in [1.54, 1.807) is 6.92 Å². The average molecular weight is 247 g/mol. The molecule has 1 atom stereocenters. The second-order valence-corrected chi connectivity index (χ2v) is 3.23. The Hall–Kier alpha value is -1.76. The largest absolute Gasteiger partial charge is 0.546 e. The van der Waals surface area contributed by atoms with Crippen molar-refractivity contribution >= 4 is 12.3 Å². The lowest BCUT2D eigenvalue weighted by atomic mass is 10.0. The van der Waals surface area contributed by atoms with E-state index in [0.29, 0.717) is 6.42 Å². The molecule has 98 valence electrons. The second kappa shape index (κ2) is 7.50. The van der Waals surface area contributed by atoms with Crippen molar-refractivity contribution in [2.24, 2.45) is 0 Å². The van der Waals surface area contributed by atoms with E-state index in [0.717, 1.165) is 0 Å². The van der Waals surface area contributed by atoms with E-state index in [4.69, 9.17) is 9.84 Å². The van der Waals surface area contributed by atoms with Gasteiger partial charge in [-0.1, -0.05) is 13.0 Å². The summed E-state index contributed by atoms with van der Waals surface area (Å²) < 4.78 is 14.0. The third-order valence-electron chi connectivity index (χ3n) is 2.06. The van der Waals surface area contributed by atoms with Crippen LogP contribution in [0.4, 0.5) is 9.59 Å². The topological polar surface area (TPSA) is 105 Å². The van der Waals surface area contributed by atoms with Crippen molar-refractivity contribution in [1.82, 2.24) is 0 Å². The zero-order chi connectivity index (χ0) is 13.3. The van der Waals surface area contributed by atoms with Gasteiger partial charge < -0.3 is 29.2 Å². The fourth-order valence-electron chi connectivity index (χ4n) is 1.05. The number of rotatable bonds is 8. The zero-order valence-corrected chi connectivity index (χ0v) is 9.51. The second-order valence-electron chi connectivity index (χ2n) is 3.23. The summed E-state index contributed by atoms with van der Waals surface area (Å²) in [5, 5.41) is 18.6. The van der Waals surface area contributed by atoms with Gasteiger partial charge in [-0.3, -0.25) is 0 Å². The fraction of sp³-hybridized carbons (Fsp3) is 0.600. The summed E-state index contributed by atoms with van der Waals surface area (Å²) in [6.45, 7) is 4.54. The maximum absolute atomic E-state index is 10.3. The fourth-order valence-corrected chi connectivity index (χ4v) is 1.05. The van der Waals surface area contributed by atoms with Crippen LogP contribution in [0.5, 0.6) is 0 Å². The number of carbonyl (C=O) groups excluding carboxylic acids is 1. The maximum Gasteiger partial charge on any atom is 0.505 e. The van der Waals surface area contributed by atoms with Gasteiger partial charge in [0.2, 0.25) is 0 Å². The molecule has 0 spiro atoms. The SMILES string of the molecule is C=CCOC(CC)(COC(=O)[O-])COC(=O)O. The van der Waals surface area contributed by atoms with E-state index >= 15 is 0 Å². The predicted molar refractivity (Wildman–Crippen MR) is 54.5 cm³/mol. The van der Waals surface area contributed by atoms with Crippen molar-refractivity contribution in [2.75, 3.05) is 19.8 Å². The number of ether oxygens (including phenoxy) is 3. The average Bonchev–Trinajstić information content (AvgIpc) is 2.28. The predicted octanol–water partition coefficient (Wildman–Crippen LogP) is 0.392. The quantitative estimate of drug-likeness (QED) is 0.488.